The van der Waals surface area contributed by atoms with Crippen LogP contribution < -0.4 is 4.90 Å². The average Bonchev–Trinajstić information content (AvgIpc) is 3.15. The van der Waals surface area contributed by atoms with Crippen molar-refractivity contribution >= 4 is 34.3 Å². The molecule has 0 spiro atoms. The first-order valence-corrected chi connectivity index (χ1v) is 11.7. The van der Waals surface area contributed by atoms with Crippen LogP contribution in [0.2, 0.25) is 0 Å². The molecule has 5 nitrogen and oxygen atoms in total. The number of thioether (sulfide) groups is 1. The van der Waals surface area contributed by atoms with Crippen LogP contribution in [0.5, 0.6) is 0 Å². The van der Waals surface area contributed by atoms with Gasteiger partial charge in [-0.05, 0) is 75.4 Å². The molecule has 0 saturated carbocycles. The molecule has 0 aliphatic carbocycles. The van der Waals surface area contributed by atoms with Gasteiger partial charge in [-0.25, -0.2) is 4.79 Å². The van der Waals surface area contributed by atoms with E-state index in [-0.39, 0.29) is 5.97 Å². The summed E-state index contributed by atoms with van der Waals surface area (Å²) >= 11 is 1.74. The Bertz CT molecular complexity index is 1050. The number of hydrogen-bond donors (Lipinski definition) is 1. The average molecular weight is 424 g/mol. The third kappa shape index (κ3) is 4.48. The zero-order valence-electron chi connectivity index (χ0n) is 18.0. The number of aryl methyl sites for hydroxylation is 2. The minimum absolute atomic E-state index is 0.263. The lowest BCUT2D eigenvalue weighted by Crippen LogP contribution is -2.30. The van der Waals surface area contributed by atoms with Crippen molar-refractivity contribution in [2.24, 2.45) is 0 Å². The van der Waals surface area contributed by atoms with Crippen LogP contribution in [-0.2, 0) is 10.5 Å². The molecule has 1 aliphatic rings. The summed E-state index contributed by atoms with van der Waals surface area (Å²) in [5, 5.41) is 2.10. The number of benzene rings is 1. The summed E-state index contributed by atoms with van der Waals surface area (Å²) in [7, 11) is 0. The molecule has 158 valence electrons. The Labute approximate surface area is 182 Å². The molecule has 30 heavy (non-hydrogen) atoms. The highest BCUT2D eigenvalue weighted by molar-refractivity contribution is 7.98. The predicted molar refractivity (Wildman–Crippen MR) is 124 cm³/mol. The summed E-state index contributed by atoms with van der Waals surface area (Å²) in [6.45, 7) is 8.58. The molecule has 1 aromatic carbocycles. The standard InChI is InChI=1S/C24H29N3O2S/c1-4-29-24(28)20-11-18-12-23(26-21(18)10-16(20)2)30-15-19-13-22(17(3)14-25-19)27-8-6-5-7-9-27/h10-14,26H,4-9,15H2,1-3H3. The van der Waals surface area contributed by atoms with Crippen molar-refractivity contribution in [3.8, 4) is 0 Å². The minimum atomic E-state index is -0.263. The predicted octanol–water partition coefficient (Wildman–Crippen LogP) is 5.64. The number of hydrogen-bond acceptors (Lipinski definition) is 5. The normalized spacial score (nSPS) is 14.3. The van der Waals surface area contributed by atoms with Crippen molar-refractivity contribution in [2.75, 3.05) is 24.6 Å². The number of aromatic amines is 1. The zero-order valence-corrected chi connectivity index (χ0v) is 18.8. The molecule has 1 saturated heterocycles. The first-order chi connectivity index (χ1) is 14.5. The van der Waals surface area contributed by atoms with Crippen LogP contribution in [-0.4, -0.2) is 35.6 Å². The maximum absolute atomic E-state index is 12.2. The van der Waals surface area contributed by atoms with Crippen LogP contribution >= 0.6 is 11.8 Å². The molecule has 1 N–H and O–H groups in total. The minimum Gasteiger partial charge on any atom is -0.462 e. The van der Waals surface area contributed by atoms with Gasteiger partial charge >= 0.3 is 5.97 Å². The number of aromatic nitrogens is 2. The van der Waals surface area contributed by atoms with Crippen molar-refractivity contribution in [2.45, 2.75) is 50.8 Å². The maximum atomic E-state index is 12.2. The molecule has 3 aromatic rings. The molecule has 2 aromatic heterocycles. The van der Waals surface area contributed by atoms with Crippen LogP contribution in [0.15, 0.2) is 35.5 Å². The number of nitrogens with one attached hydrogen (secondary N) is 1. The van der Waals surface area contributed by atoms with Gasteiger partial charge in [0, 0.05) is 41.6 Å². The van der Waals surface area contributed by atoms with Crippen molar-refractivity contribution in [3.05, 3.63) is 52.8 Å². The van der Waals surface area contributed by atoms with Crippen LogP contribution in [0.3, 0.4) is 0 Å². The van der Waals surface area contributed by atoms with Crippen LogP contribution in [0.4, 0.5) is 5.69 Å². The molecule has 1 fully saturated rings. The number of esters is 1. The van der Waals surface area contributed by atoms with E-state index in [1.165, 1.54) is 30.5 Å². The van der Waals surface area contributed by atoms with Gasteiger partial charge in [0.05, 0.1) is 22.9 Å². The number of pyridine rings is 1. The lowest BCUT2D eigenvalue weighted by molar-refractivity contribution is 0.0525. The number of anilines is 1. The third-order valence-corrected chi connectivity index (χ3v) is 6.61. The topological polar surface area (TPSA) is 58.2 Å². The van der Waals surface area contributed by atoms with Crippen molar-refractivity contribution in [1.82, 2.24) is 9.97 Å². The number of rotatable bonds is 6. The highest BCUT2D eigenvalue weighted by Gasteiger charge is 2.15. The van der Waals surface area contributed by atoms with Crippen LogP contribution in [0.1, 0.15) is 53.4 Å². The Morgan fingerprint density at radius 1 is 1.13 bits per heavy atom. The van der Waals surface area contributed by atoms with Crippen molar-refractivity contribution < 1.29 is 9.53 Å². The fourth-order valence-corrected chi connectivity index (χ4v) is 4.88. The molecular weight excluding hydrogens is 394 g/mol. The number of carbonyl (C=O) groups is 1. The van der Waals surface area contributed by atoms with Gasteiger partial charge in [-0.15, -0.1) is 11.8 Å². The summed E-state index contributed by atoms with van der Waals surface area (Å²) in [4.78, 5) is 22.8. The number of fused-ring (bicyclic) bond motifs is 1. The Morgan fingerprint density at radius 3 is 2.70 bits per heavy atom. The molecule has 4 rings (SSSR count). The van der Waals surface area contributed by atoms with Crippen molar-refractivity contribution in [1.29, 1.82) is 0 Å². The van der Waals surface area contributed by atoms with E-state index in [1.807, 2.05) is 32.2 Å². The Kier molecular flexibility index (Phi) is 6.32. The Morgan fingerprint density at radius 2 is 1.93 bits per heavy atom. The van der Waals surface area contributed by atoms with Crippen LogP contribution in [0, 0.1) is 13.8 Å². The zero-order chi connectivity index (χ0) is 21.1. The van der Waals surface area contributed by atoms with E-state index in [1.54, 1.807) is 11.8 Å². The summed E-state index contributed by atoms with van der Waals surface area (Å²) in [6.07, 6.45) is 5.88. The molecule has 0 atom stereocenters. The smallest absolute Gasteiger partial charge is 0.338 e. The van der Waals surface area contributed by atoms with Gasteiger partial charge in [-0.3, -0.25) is 4.98 Å². The van der Waals surface area contributed by atoms with E-state index < -0.39 is 0 Å². The van der Waals surface area contributed by atoms with Gasteiger partial charge in [0.2, 0.25) is 0 Å². The summed E-state index contributed by atoms with van der Waals surface area (Å²) in [5.74, 6) is 0.541. The first kappa shape index (κ1) is 20.8. The van der Waals surface area contributed by atoms with Gasteiger partial charge in [-0.2, -0.15) is 0 Å². The summed E-state index contributed by atoms with van der Waals surface area (Å²) in [5.41, 5.74) is 6.25. The van der Waals surface area contributed by atoms with Gasteiger partial charge in [0.1, 0.15) is 0 Å². The number of nitrogens with zero attached hydrogens (tertiary/aromatic N) is 2. The van der Waals surface area contributed by atoms with Gasteiger partial charge < -0.3 is 14.6 Å². The Balaban J connectivity index is 1.50. The molecule has 0 bridgehead atoms. The van der Waals surface area contributed by atoms with E-state index in [4.69, 9.17) is 4.74 Å². The number of ether oxygens (including phenoxy) is 1. The summed E-state index contributed by atoms with van der Waals surface area (Å²) < 4.78 is 5.17. The fourth-order valence-electron chi connectivity index (χ4n) is 4.03. The number of H-pyrrole nitrogens is 1. The van der Waals surface area contributed by atoms with Gasteiger partial charge in [-0.1, -0.05) is 0 Å². The second kappa shape index (κ2) is 9.13. The number of piperidine rings is 1. The Hall–Kier alpha value is -2.47. The third-order valence-electron chi connectivity index (χ3n) is 5.64. The maximum Gasteiger partial charge on any atom is 0.338 e. The van der Waals surface area contributed by atoms with E-state index in [9.17, 15) is 4.79 Å². The van der Waals surface area contributed by atoms with Gasteiger partial charge in [0.15, 0.2) is 0 Å². The van der Waals surface area contributed by atoms with E-state index >= 15 is 0 Å². The van der Waals surface area contributed by atoms with E-state index in [2.05, 4.69) is 33.9 Å². The second-order valence-corrected chi connectivity index (χ2v) is 8.92. The lowest BCUT2D eigenvalue weighted by Gasteiger charge is -2.30. The SMILES string of the molecule is CCOC(=O)c1cc2cc(SCc3cc(N4CCCCC4)c(C)cn3)[nH]c2cc1C. The molecule has 3 heterocycles. The first-order valence-electron chi connectivity index (χ1n) is 10.7. The lowest BCUT2D eigenvalue weighted by atomic mass is 10.1. The molecule has 0 amide bonds. The van der Waals surface area contributed by atoms with E-state index in [0.29, 0.717) is 12.2 Å². The molecular formula is C24H29N3O2S. The fraction of sp³-hybridized carbons (Fsp3) is 0.417. The molecule has 0 unspecified atom stereocenters. The number of carbonyl (C=O) groups excluding carboxylic acids is 1. The van der Waals surface area contributed by atoms with E-state index in [0.717, 1.165) is 46.0 Å². The highest BCUT2D eigenvalue weighted by atomic mass is 32.2. The summed E-state index contributed by atoms with van der Waals surface area (Å²) in [6, 6.07) is 8.28. The molecule has 6 heteroatoms. The van der Waals surface area contributed by atoms with Crippen molar-refractivity contribution in [3.63, 3.8) is 0 Å². The molecule has 0 radical (unpaired) electrons. The monoisotopic (exact) mass is 423 g/mol. The molecule has 1 aliphatic heterocycles. The largest absolute Gasteiger partial charge is 0.462 e. The van der Waals surface area contributed by atoms with Crippen LogP contribution in [0.25, 0.3) is 10.9 Å². The van der Waals surface area contributed by atoms with Gasteiger partial charge in [0.25, 0.3) is 0 Å². The highest BCUT2D eigenvalue weighted by Crippen LogP contribution is 2.30. The second-order valence-electron chi connectivity index (χ2n) is 7.91. The quantitative estimate of drug-likeness (QED) is 0.411.